The second-order valence-corrected chi connectivity index (χ2v) is 10.5. The first-order valence-corrected chi connectivity index (χ1v) is 11.8. The lowest BCUT2D eigenvalue weighted by Gasteiger charge is -2.39. The van der Waals surface area contributed by atoms with Gasteiger partial charge in [-0.05, 0) is 48.6 Å². The van der Waals surface area contributed by atoms with Gasteiger partial charge in [-0.15, -0.1) is 0 Å². The highest BCUT2D eigenvalue weighted by molar-refractivity contribution is 9.10. The standard InChI is InChI=1S/C26H25BrN4O2/c1-15-4-10-18(11-5-15)29-25(33)19-14-28-31-23(16-6-8-17(27)9-7-16)22-20(30-24(19)31)12-26(2,3)13-21(22)32/h4-11,14,23,30H,12-13H2,1-3H3,(H,29,33)/t23-/m1/s1. The Morgan fingerprint density at radius 1 is 1.12 bits per heavy atom. The average molecular weight is 505 g/mol. The van der Waals surface area contributed by atoms with Gasteiger partial charge in [0.15, 0.2) is 5.78 Å². The van der Waals surface area contributed by atoms with E-state index in [0.29, 0.717) is 17.8 Å². The molecule has 168 valence electrons. The van der Waals surface area contributed by atoms with Gasteiger partial charge in [-0.3, -0.25) is 9.59 Å². The SMILES string of the molecule is Cc1ccc(NC(=O)c2cnn3c2NC2=C(C(=O)CC(C)(C)C2)[C@H]3c2ccc(Br)cc2)cc1. The normalized spacial score (nSPS) is 18.9. The van der Waals surface area contributed by atoms with Crippen LogP contribution < -0.4 is 10.6 Å². The van der Waals surface area contributed by atoms with Crippen molar-refractivity contribution in [1.82, 2.24) is 9.78 Å². The van der Waals surface area contributed by atoms with Gasteiger partial charge < -0.3 is 10.6 Å². The molecule has 33 heavy (non-hydrogen) atoms. The second kappa shape index (κ2) is 7.99. The van der Waals surface area contributed by atoms with E-state index in [2.05, 4.69) is 45.5 Å². The number of aromatic nitrogens is 2. The number of amides is 1. The van der Waals surface area contributed by atoms with Crippen molar-refractivity contribution in [2.24, 2.45) is 5.41 Å². The molecular weight excluding hydrogens is 480 g/mol. The van der Waals surface area contributed by atoms with Gasteiger partial charge in [-0.25, -0.2) is 4.68 Å². The lowest BCUT2D eigenvalue weighted by Crippen LogP contribution is -2.36. The number of hydrogen-bond donors (Lipinski definition) is 2. The highest BCUT2D eigenvalue weighted by atomic mass is 79.9. The summed E-state index contributed by atoms with van der Waals surface area (Å²) in [4.78, 5) is 26.5. The molecule has 1 aliphatic heterocycles. The fraction of sp³-hybridized carbons (Fsp3) is 0.269. The average Bonchev–Trinajstić information content (AvgIpc) is 3.17. The quantitative estimate of drug-likeness (QED) is 0.467. The molecule has 1 aromatic heterocycles. The lowest BCUT2D eigenvalue weighted by molar-refractivity contribution is -0.118. The maximum absolute atomic E-state index is 13.3. The maximum atomic E-state index is 13.3. The summed E-state index contributed by atoms with van der Waals surface area (Å²) in [5.74, 6) is 0.484. The van der Waals surface area contributed by atoms with Crippen LogP contribution in [-0.2, 0) is 4.79 Å². The van der Waals surface area contributed by atoms with Gasteiger partial charge in [0.05, 0.1) is 6.20 Å². The number of rotatable bonds is 3. The van der Waals surface area contributed by atoms with E-state index >= 15 is 0 Å². The third-order valence-corrected chi connectivity index (χ3v) is 6.77. The first kappa shape index (κ1) is 21.6. The Morgan fingerprint density at radius 2 is 1.82 bits per heavy atom. The number of carbonyl (C=O) groups is 2. The van der Waals surface area contributed by atoms with Crippen LogP contribution in [0.1, 0.15) is 54.2 Å². The predicted octanol–water partition coefficient (Wildman–Crippen LogP) is 5.86. The van der Waals surface area contributed by atoms with E-state index < -0.39 is 0 Å². The predicted molar refractivity (Wildman–Crippen MR) is 132 cm³/mol. The van der Waals surface area contributed by atoms with Gasteiger partial charge in [0.1, 0.15) is 17.4 Å². The zero-order valence-electron chi connectivity index (χ0n) is 18.8. The zero-order chi connectivity index (χ0) is 23.3. The van der Waals surface area contributed by atoms with Crippen molar-refractivity contribution in [2.75, 3.05) is 10.6 Å². The van der Waals surface area contributed by atoms with E-state index in [-0.39, 0.29) is 23.1 Å². The topological polar surface area (TPSA) is 76.0 Å². The van der Waals surface area contributed by atoms with Crippen LogP contribution in [0.4, 0.5) is 11.5 Å². The van der Waals surface area contributed by atoms with Gasteiger partial charge >= 0.3 is 0 Å². The number of benzene rings is 2. The lowest BCUT2D eigenvalue weighted by atomic mass is 9.73. The number of allylic oxidation sites excluding steroid dienone is 2. The van der Waals surface area contributed by atoms with Gasteiger partial charge in [-0.2, -0.15) is 5.10 Å². The molecule has 2 aliphatic rings. The largest absolute Gasteiger partial charge is 0.343 e. The summed E-state index contributed by atoms with van der Waals surface area (Å²) < 4.78 is 2.73. The molecule has 0 radical (unpaired) electrons. The zero-order valence-corrected chi connectivity index (χ0v) is 20.4. The first-order valence-electron chi connectivity index (χ1n) is 11.0. The Kier molecular flexibility index (Phi) is 5.24. The van der Waals surface area contributed by atoms with Crippen LogP contribution >= 0.6 is 15.9 Å². The summed E-state index contributed by atoms with van der Waals surface area (Å²) in [7, 11) is 0. The molecule has 0 fully saturated rings. The highest BCUT2D eigenvalue weighted by Gasteiger charge is 2.42. The van der Waals surface area contributed by atoms with Crippen molar-refractivity contribution in [3.05, 3.63) is 87.2 Å². The molecule has 1 atom stereocenters. The summed E-state index contributed by atoms with van der Waals surface area (Å²) >= 11 is 3.49. The number of nitrogens with zero attached hydrogens (tertiary/aromatic N) is 2. The van der Waals surface area contributed by atoms with Gasteiger partial charge in [0.2, 0.25) is 0 Å². The van der Waals surface area contributed by atoms with Crippen molar-refractivity contribution in [2.45, 2.75) is 39.7 Å². The number of anilines is 2. The number of nitrogens with one attached hydrogen (secondary N) is 2. The van der Waals surface area contributed by atoms with Crippen molar-refractivity contribution < 1.29 is 9.59 Å². The number of halogens is 1. The number of fused-ring (bicyclic) bond motifs is 1. The minimum absolute atomic E-state index is 0.119. The highest BCUT2D eigenvalue weighted by Crippen LogP contribution is 2.46. The number of hydrogen-bond acceptors (Lipinski definition) is 4. The molecule has 1 amide bonds. The molecule has 3 aromatic rings. The molecular formula is C26H25BrN4O2. The Balaban J connectivity index is 1.58. The third kappa shape index (κ3) is 4.02. The third-order valence-electron chi connectivity index (χ3n) is 6.24. The van der Waals surface area contributed by atoms with Crippen LogP contribution in [0.15, 0.2) is 70.5 Å². The fourth-order valence-electron chi connectivity index (χ4n) is 4.67. The molecule has 2 aromatic carbocycles. The smallest absolute Gasteiger partial charge is 0.261 e. The summed E-state index contributed by atoms with van der Waals surface area (Å²) in [6.07, 6.45) is 2.79. The van der Waals surface area contributed by atoms with Crippen molar-refractivity contribution >= 4 is 39.1 Å². The Morgan fingerprint density at radius 3 is 2.52 bits per heavy atom. The summed E-state index contributed by atoms with van der Waals surface area (Å²) in [5, 5.41) is 10.9. The van der Waals surface area contributed by atoms with Crippen LogP contribution in [0.2, 0.25) is 0 Å². The molecule has 1 aliphatic carbocycles. The van der Waals surface area contributed by atoms with E-state index in [1.165, 1.54) is 0 Å². The number of Topliss-reactive ketones (excluding diaryl/α,β-unsaturated/α-hetero) is 1. The summed E-state index contributed by atoms with van der Waals surface area (Å²) in [6, 6.07) is 15.2. The van der Waals surface area contributed by atoms with Gasteiger partial charge in [0.25, 0.3) is 5.91 Å². The summed E-state index contributed by atoms with van der Waals surface area (Å²) in [6.45, 7) is 6.20. The minimum Gasteiger partial charge on any atom is -0.343 e. The van der Waals surface area contributed by atoms with Gasteiger partial charge in [-0.1, -0.05) is 59.6 Å². The van der Waals surface area contributed by atoms with E-state index in [0.717, 1.165) is 39.0 Å². The maximum Gasteiger partial charge on any atom is 0.261 e. The number of aryl methyl sites for hydroxylation is 1. The Labute approximate surface area is 201 Å². The van der Waals surface area contributed by atoms with E-state index in [1.54, 1.807) is 10.9 Å². The molecule has 2 N–H and O–H groups in total. The second-order valence-electron chi connectivity index (χ2n) is 9.58. The molecule has 0 saturated carbocycles. The van der Waals surface area contributed by atoms with Crippen molar-refractivity contribution in [3.8, 4) is 0 Å². The number of ketones is 1. The first-order chi connectivity index (χ1) is 15.7. The molecule has 0 spiro atoms. The molecule has 7 heteroatoms. The van der Waals surface area contributed by atoms with E-state index in [4.69, 9.17) is 0 Å². The molecule has 2 heterocycles. The fourth-order valence-corrected chi connectivity index (χ4v) is 4.93. The van der Waals surface area contributed by atoms with E-state index in [9.17, 15) is 9.59 Å². The monoisotopic (exact) mass is 504 g/mol. The van der Waals surface area contributed by atoms with Gasteiger partial charge in [0, 0.05) is 27.9 Å². The minimum atomic E-state index is -0.381. The Hall–Kier alpha value is -3.19. The Bertz CT molecular complexity index is 1290. The molecule has 0 bridgehead atoms. The van der Waals surface area contributed by atoms with Crippen LogP contribution in [0, 0.1) is 12.3 Å². The number of carbonyl (C=O) groups excluding carboxylic acids is 2. The van der Waals surface area contributed by atoms with Crippen LogP contribution in [0.5, 0.6) is 0 Å². The molecule has 0 unspecified atom stereocenters. The van der Waals surface area contributed by atoms with Crippen LogP contribution in [-0.4, -0.2) is 21.5 Å². The molecule has 6 nitrogen and oxygen atoms in total. The van der Waals surface area contributed by atoms with Crippen molar-refractivity contribution in [3.63, 3.8) is 0 Å². The molecule has 0 saturated heterocycles. The summed E-state index contributed by atoms with van der Waals surface area (Å²) in [5.41, 5.74) is 4.70. The van der Waals surface area contributed by atoms with Crippen LogP contribution in [0.3, 0.4) is 0 Å². The van der Waals surface area contributed by atoms with Crippen molar-refractivity contribution in [1.29, 1.82) is 0 Å². The van der Waals surface area contributed by atoms with E-state index in [1.807, 2.05) is 55.5 Å². The molecule has 5 rings (SSSR count). The van der Waals surface area contributed by atoms with Crippen LogP contribution in [0.25, 0.3) is 0 Å².